The third kappa shape index (κ3) is 3.54. The lowest BCUT2D eigenvalue weighted by molar-refractivity contribution is -0.406. The summed E-state index contributed by atoms with van der Waals surface area (Å²) in [5.74, 6) is 2.12. The van der Waals surface area contributed by atoms with Gasteiger partial charge in [-0.2, -0.15) is 0 Å². The van der Waals surface area contributed by atoms with Crippen molar-refractivity contribution in [3.8, 4) is 0 Å². The molecule has 3 unspecified atom stereocenters. The van der Waals surface area contributed by atoms with Crippen LogP contribution in [0.2, 0.25) is 0 Å². The van der Waals surface area contributed by atoms with Gasteiger partial charge in [0.2, 0.25) is 10.0 Å². The molecule has 0 saturated heterocycles. The van der Waals surface area contributed by atoms with Crippen LogP contribution >= 0.6 is 0 Å². The molecule has 1 aromatic heterocycles. The maximum absolute atomic E-state index is 12.2. The normalized spacial score (nSPS) is 28.5. The SMILES string of the molecule is Cc1noc(CNS(=O)(=O)C2CCC(C)C(C)C2)[nH+]1. The van der Waals surface area contributed by atoms with Gasteiger partial charge in [-0.25, -0.2) is 22.6 Å². The average Bonchev–Trinajstić information content (AvgIpc) is 2.76. The molecule has 0 aromatic carbocycles. The largest absolute Gasteiger partial charge is 0.343 e. The highest BCUT2D eigenvalue weighted by molar-refractivity contribution is 7.90. The van der Waals surface area contributed by atoms with Crippen LogP contribution in [0.15, 0.2) is 4.52 Å². The summed E-state index contributed by atoms with van der Waals surface area (Å²) in [6.07, 6.45) is 2.44. The highest BCUT2D eigenvalue weighted by Gasteiger charge is 2.33. The molecule has 1 fully saturated rings. The van der Waals surface area contributed by atoms with Crippen molar-refractivity contribution in [2.45, 2.75) is 51.8 Å². The lowest BCUT2D eigenvalue weighted by atomic mass is 9.81. The Hall–Kier alpha value is -0.950. The van der Waals surface area contributed by atoms with Crippen molar-refractivity contribution < 1.29 is 17.9 Å². The van der Waals surface area contributed by atoms with E-state index in [1.54, 1.807) is 6.92 Å². The summed E-state index contributed by atoms with van der Waals surface area (Å²) in [7, 11) is -3.29. The molecule has 1 aliphatic carbocycles. The molecule has 3 atom stereocenters. The molecule has 108 valence electrons. The third-order valence-corrected chi connectivity index (χ3v) is 5.89. The molecule has 0 spiro atoms. The first-order valence-electron chi connectivity index (χ1n) is 6.71. The molecule has 7 heteroatoms. The van der Waals surface area contributed by atoms with Gasteiger partial charge in [0.1, 0.15) is 6.54 Å². The highest BCUT2D eigenvalue weighted by Crippen LogP contribution is 2.32. The number of hydrogen-bond donors (Lipinski definition) is 1. The average molecular weight is 288 g/mol. The fraction of sp³-hybridized carbons (Fsp3) is 0.833. The van der Waals surface area contributed by atoms with E-state index in [0.717, 1.165) is 19.3 Å². The van der Waals surface area contributed by atoms with E-state index in [1.165, 1.54) is 0 Å². The molecule has 0 aliphatic heterocycles. The maximum Gasteiger partial charge on any atom is 0.343 e. The quantitative estimate of drug-likeness (QED) is 0.897. The minimum absolute atomic E-state index is 0.129. The Morgan fingerprint density at radius 2 is 2.11 bits per heavy atom. The summed E-state index contributed by atoms with van der Waals surface area (Å²) < 4.78 is 32.0. The van der Waals surface area contributed by atoms with Crippen molar-refractivity contribution in [3.63, 3.8) is 0 Å². The fourth-order valence-corrected chi connectivity index (χ4v) is 4.08. The number of aromatic nitrogens is 2. The number of hydrogen-bond acceptors (Lipinski definition) is 4. The predicted octanol–water partition coefficient (Wildman–Crippen LogP) is 1.04. The van der Waals surface area contributed by atoms with Crippen molar-refractivity contribution in [1.29, 1.82) is 0 Å². The molecule has 1 saturated carbocycles. The molecule has 1 aromatic rings. The minimum atomic E-state index is -3.29. The van der Waals surface area contributed by atoms with Gasteiger partial charge in [0.25, 0.3) is 0 Å². The van der Waals surface area contributed by atoms with Crippen molar-refractivity contribution in [2.75, 3.05) is 0 Å². The Labute approximate surface area is 114 Å². The topological polar surface area (TPSA) is 86.3 Å². The fourth-order valence-electron chi connectivity index (χ4n) is 2.51. The van der Waals surface area contributed by atoms with Crippen molar-refractivity contribution >= 4 is 10.0 Å². The van der Waals surface area contributed by atoms with Gasteiger partial charge >= 0.3 is 11.7 Å². The molecule has 19 heavy (non-hydrogen) atoms. The van der Waals surface area contributed by atoms with Gasteiger partial charge < -0.3 is 0 Å². The van der Waals surface area contributed by atoms with Gasteiger partial charge in [-0.05, 0) is 31.1 Å². The number of nitrogens with zero attached hydrogens (tertiary/aromatic N) is 1. The zero-order chi connectivity index (χ0) is 14.0. The molecule has 0 bridgehead atoms. The lowest BCUT2D eigenvalue weighted by Crippen LogP contribution is -2.39. The number of nitrogens with one attached hydrogen (secondary N) is 2. The molecular formula is C12H22N3O3S+. The number of sulfonamides is 1. The van der Waals surface area contributed by atoms with E-state index >= 15 is 0 Å². The Balaban J connectivity index is 1.95. The van der Waals surface area contributed by atoms with Crippen LogP contribution in [0.3, 0.4) is 0 Å². The van der Waals surface area contributed by atoms with Crippen molar-refractivity contribution in [3.05, 3.63) is 11.7 Å². The summed E-state index contributed by atoms with van der Waals surface area (Å²) in [6, 6.07) is 0. The van der Waals surface area contributed by atoms with E-state index < -0.39 is 10.0 Å². The summed E-state index contributed by atoms with van der Waals surface area (Å²) in [5.41, 5.74) is 0. The Morgan fingerprint density at radius 1 is 1.37 bits per heavy atom. The molecule has 2 N–H and O–H groups in total. The van der Waals surface area contributed by atoms with Gasteiger partial charge in [0.05, 0.1) is 5.25 Å². The van der Waals surface area contributed by atoms with Crippen LogP contribution in [-0.4, -0.2) is 18.8 Å². The highest BCUT2D eigenvalue weighted by atomic mass is 32.2. The van der Waals surface area contributed by atoms with Gasteiger partial charge in [-0.3, -0.25) is 0 Å². The van der Waals surface area contributed by atoms with E-state index in [9.17, 15) is 8.42 Å². The molecule has 0 radical (unpaired) electrons. The zero-order valence-electron chi connectivity index (χ0n) is 11.6. The van der Waals surface area contributed by atoms with E-state index in [4.69, 9.17) is 4.52 Å². The molecule has 6 nitrogen and oxygen atoms in total. The van der Waals surface area contributed by atoms with Crippen LogP contribution in [0.1, 0.15) is 44.8 Å². The Bertz CT molecular complexity index is 526. The van der Waals surface area contributed by atoms with Crippen LogP contribution in [0.5, 0.6) is 0 Å². The summed E-state index contributed by atoms with van der Waals surface area (Å²) in [5, 5.41) is 3.40. The predicted molar refractivity (Wildman–Crippen MR) is 69.5 cm³/mol. The van der Waals surface area contributed by atoms with E-state index in [-0.39, 0.29) is 11.8 Å². The van der Waals surface area contributed by atoms with Gasteiger partial charge in [0.15, 0.2) is 5.16 Å². The molecule has 2 rings (SSSR count). The smallest absolute Gasteiger partial charge is 0.217 e. The number of aromatic amines is 1. The maximum atomic E-state index is 12.2. The molecule has 1 heterocycles. The summed E-state index contributed by atoms with van der Waals surface area (Å²) in [6.45, 7) is 6.20. The molecule has 1 aliphatic rings. The van der Waals surface area contributed by atoms with E-state index in [0.29, 0.717) is 23.6 Å². The third-order valence-electron chi connectivity index (χ3n) is 4.04. The second-order valence-electron chi connectivity index (χ2n) is 5.57. The summed E-state index contributed by atoms with van der Waals surface area (Å²) in [4.78, 5) is 2.86. The number of H-pyrrole nitrogens is 1. The first-order chi connectivity index (χ1) is 8.88. The monoisotopic (exact) mass is 288 g/mol. The standard InChI is InChI=1S/C12H21N3O3S/c1-8-4-5-11(6-9(8)2)19(16,17)13-7-12-14-10(3)15-18-12/h8-9,11,13H,4-7H2,1-3H3/p+1. The van der Waals surface area contributed by atoms with Gasteiger partial charge in [-0.15, -0.1) is 0 Å². The Kier molecular flexibility index (Phi) is 4.25. The number of rotatable bonds is 4. The van der Waals surface area contributed by atoms with Crippen LogP contribution in [-0.2, 0) is 16.6 Å². The van der Waals surface area contributed by atoms with Crippen LogP contribution in [0, 0.1) is 18.8 Å². The zero-order valence-corrected chi connectivity index (χ0v) is 12.5. The molecule has 0 amide bonds. The summed E-state index contributed by atoms with van der Waals surface area (Å²) >= 11 is 0. The van der Waals surface area contributed by atoms with Crippen molar-refractivity contribution in [1.82, 2.24) is 9.88 Å². The minimum Gasteiger partial charge on any atom is -0.217 e. The first-order valence-corrected chi connectivity index (χ1v) is 8.26. The Morgan fingerprint density at radius 3 is 2.68 bits per heavy atom. The van der Waals surface area contributed by atoms with Crippen molar-refractivity contribution in [2.24, 2.45) is 11.8 Å². The van der Waals surface area contributed by atoms with Gasteiger partial charge in [0, 0.05) is 6.92 Å². The second-order valence-corrected chi connectivity index (χ2v) is 7.62. The van der Waals surface area contributed by atoms with Gasteiger partial charge in [-0.1, -0.05) is 13.8 Å². The van der Waals surface area contributed by atoms with E-state index in [1.807, 2.05) is 0 Å². The van der Waals surface area contributed by atoms with Crippen LogP contribution in [0.25, 0.3) is 0 Å². The van der Waals surface area contributed by atoms with E-state index in [2.05, 4.69) is 28.7 Å². The molecular weight excluding hydrogens is 266 g/mol. The van der Waals surface area contributed by atoms with Crippen LogP contribution < -0.4 is 9.71 Å². The lowest BCUT2D eigenvalue weighted by Gasteiger charge is -2.31. The number of aryl methyl sites for hydroxylation is 1. The first kappa shape index (κ1) is 14.5. The van der Waals surface area contributed by atoms with Crippen LogP contribution in [0.4, 0.5) is 0 Å². The second kappa shape index (κ2) is 5.58.